The van der Waals surface area contributed by atoms with Crippen molar-refractivity contribution in [1.29, 1.82) is 0 Å². The third kappa shape index (κ3) is 8.81. The highest BCUT2D eigenvalue weighted by molar-refractivity contribution is 7.99. The van der Waals surface area contributed by atoms with Gasteiger partial charge in [0.1, 0.15) is 11.9 Å². The van der Waals surface area contributed by atoms with E-state index in [9.17, 15) is 23.9 Å². The summed E-state index contributed by atoms with van der Waals surface area (Å²) in [5, 5.41) is 21.1. The van der Waals surface area contributed by atoms with Gasteiger partial charge in [-0.15, -0.1) is 11.8 Å². The van der Waals surface area contributed by atoms with Crippen molar-refractivity contribution in [3.8, 4) is 11.1 Å². The van der Waals surface area contributed by atoms with Crippen LogP contribution in [0.3, 0.4) is 0 Å². The molecule has 0 radical (unpaired) electrons. The van der Waals surface area contributed by atoms with Crippen LogP contribution in [-0.2, 0) is 22.7 Å². The van der Waals surface area contributed by atoms with Gasteiger partial charge in [0.15, 0.2) is 0 Å². The number of thioether (sulfide) groups is 1. The lowest BCUT2D eigenvalue weighted by molar-refractivity contribution is -0.127. The molecule has 3 aromatic rings. The van der Waals surface area contributed by atoms with Crippen LogP contribution in [0, 0.1) is 5.82 Å². The minimum absolute atomic E-state index is 0.108. The second-order valence-electron chi connectivity index (χ2n) is 11.5. The number of amides is 4. The molecule has 0 spiro atoms. The molecule has 0 saturated carbocycles. The van der Waals surface area contributed by atoms with Gasteiger partial charge in [0.05, 0.1) is 18.3 Å². The highest BCUT2D eigenvalue weighted by Crippen LogP contribution is 2.36. The molecule has 0 aromatic heterocycles. The first kappa shape index (κ1) is 33.0. The molecule has 1 aliphatic rings. The number of hydrogen-bond donors (Lipinski definition) is 5. The van der Waals surface area contributed by atoms with Crippen molar-refractivity contribution in [2.24, 2.45) is 0 Å². The summed E-state index contributed by atoms with van der Waals surface area (Å²) in [6.07, 6.45) is -0.448. The lowest BCUT2D eigenvalue weighted by Gasteiger charge is -2.29. The fourth-order valence-corrected chi connectivity index (χ4v) is 6.06. The SMILES string of the molecule is CNC(=O)NCc1ccccc1-c1ccc(CN2C(=O)[C@H](NC(=O)CC(C)(C)NC[C@@H](C)O)CSc3cc(F)ccc32)cc1. The van der Waals surface area contributed by atoms with Crippen LogP contribution >= 0.6 is 11.8 Å². The van der Waals surface area contributed by atoms with Crippen LogP contribution in [0.1, 0.15) is 38.3 Å². The summed E-state index contributed by atoms with van der Waals surface area (Å²) in [6, 6.07) is 18.9. The van der Waals surface area contributed by atoms with Crippen LogP contribution in [0.2, 0.25) is 0 Å². The molecular formula is C33H40FN5O4S. The van der Waals surface area contributed by atoms with E-state index in [1.54, 1.807) is 24.9 Å². The van der Waals surface area contributed by atoms with Gasteiger partial charge in [0, 0.05) is 42.7 Å². The number of aliphatic hydroxyl groups is 1. The maximum Gasteiger partial charge on any atom is 0.314 e. The molecule has 0 bridgehead atoms. The van der Waals surface area contributed by atoms with E-state index in [2.05, 4.69) is 21.3 Å². The molecule has 0 fully saturated rings. The molecular weight excluding hydrogens is 581 g/mol. The average Bonchev–Trinajstić information content (AvgIpc) is 3.11. The van der Waals surface area contributed by atoms with Crippen molar-refractivity contribution in [3.63, 3.8) is 0 Å². The van der Waals surface area contributed by atoms with Crippen molar-refractivity contribution >= 4 is 35.3 Å². The molecule has 44 heavy (non-hydrogen) atoms. The number of fused-ring (bicyclic) bond motifs is 1. The minimum atomic E-state index is -0.811. The summed E-state index contributed by atoms with van der Waals surface area (Å²) in [6.45, 7) is 6.33. The summed E-state index contributed by atoms with van der Waals surface area (Å²) in [4.78, 5) is 40.9. The number of carbonyl (C=O) groups excluding carboxylic acids is 3. The lowest BCUT2D eigenvalue weighted by Crippen LogP contribution is -2.52. The van der Waals surface area contributed by atoms with Crippen LogP contribution in [0.15, 0.2) is 71.6 Å². The average molecular weight is 622 g/mol. The zero-order chi connectivity index (χ0) is 31.9. The van der Waals surface area contributed by atoms with Gasteiger partial charge in [-0.05, 0) is 61.2 Å². The Balaban J connectivity index is 1.53. The van der Waals surface area contributed by atoms with Gasteiger partial charge in [-0.1, -0.05) is 48.5 Å². The van der Waals surface area contributed by atoms with Gasteiger partial charge in [0.25, 0.3) is 5.91 Å². The lowest BCUT2D eigenvalue weighted by atomic mass is 9.98. The van der Waals surface area contributed by atoms with Crippen molar-refractivity contribution in [2.45, 2.75) is 62.9 Å². The first-order valence-electron chi connectivity index (χ1n) is 14.5. The van der Waals surface area contributed by atoms with E-state index < -0.39 is 23.5 Å². The van der Waals surface area contributed by atoms with Crippen LogP contribution in [0.25, 0.3) is 11.1 Å². The summed E-state index contributed by atoms with van der Waals surface area (Å²) in [5.74, 6) is -0.705. The normalized spacial score (nSPS) is 15.6. The number of nitrogens with one attached hydrogen (secondary N) is 4. The molecule has 0 saturated heterocycles. The predicted octanol–water partition coefficient (Wildman–Crippen LogP) is 4.18. The summed E-state index contributed by atoms with van der Waals surface area (Å²) >= 11 is 1.33. The number of hydrogen-bond acceptors (Lipinski definition) is 6. The molecule has 234 valence electrons. The van der Waals surface area contributed by atoms with E-state index in [-0.39, 0.29) is 36.6 Å². The first-order valence-corrected chi connectivity index (χ1v) is 15.5. The van der Waals surface area contributed by atoms with E-state index in [4.69, 9.17) is 0 Å². The van der Waals surface area contributed by atoms with E-state index in [0.717, 1.165) is 22.3 Å². The zero-order valence-electron chi connectivity index (χ0n) is 25.4. The third-order valence-corrected chi connectivity index (χ3v) is 8.42. The minimum Gasteiger partial charge on any atom is -0.392 e. The van der Waals surface area contributed by atoms with Crippen molar-refractivity contribution in [2.75, 3.05) is 24.2 Å². The summed E-state index contributed by atoms with van der Waals surface area (Å²) in [7, 11) is 1.57. The van der Waals surface area contributed by atoms with Crippen LogP contribution in [-0.4, -0.2) is 60.0 Å². The fraction of sp³-hybridized carbons (Fsp3) is 0.364. The predicted molar refractivity (Wildman–Crippen MR) is 172 cm³/mol. The Labute approximate surface area is 262 Å². The molecule has 4 amide bonds. The molecule has 11 heteroatoms. The Morgan fingerprint density at radius 1 is 1.11 bits per heavy atom. The van der Waals surface area contributed by atoms with Gasteiger partial charge in [-0.25, -0.2) is 9.18 Å². The molecule has 1 heterocycles. The number of benzene rings is 3. The third-order valence-electron chi connectivity index (χ3n) is 7.29. The topological polar surface area (TPSA) is 123 Å². The Bertz CT molecular complexity index is 1480. The zero-order valence-corrected chi connectivity index (χ0v) is 26.3. The number of carbonyl (C=O) groups is 3. The summed E-state index contributed by atoms with van der Waals surface area (Å²) < 4.78 is 14.2. The van der Waals surface area contributed by atoms with Crippen LogP contribution in [0.4, 0.5) is 14.9 Å². The number of nitrogens with zero attached hydrogens (tertiary/aromatic N) is 1. The van der Waals surface area contributed by atoms with Gasteiger partial charge >= 0.3 is 6.03 Å². The summed E-state index contributed by atoms with van der Waals surface area (Å²) in [5.41, 5.74) is 3.76. The molecule has 9 nitrogen and oxygen atoms in total. The molecule has 0 aliphatic carbocycles. The standard InChI is InChI=1S/C33H40FN5O4S/c1-21(40)17-37-33(2,3)16-30(41)38-27-20-44-29-15-25(34)13-14-28(29)39(31(27)42)19-22-9-11-23(12-10-22)26-8-6-5-7-24(26)18-36-32(43)35-4/h5-15,21,27,37,40H,16-20H2,1-4H3,(H,38,41)(H2,35,36,43)/t21-,27-/m1/s1. The van der Waals surface area contributed by atoms with Gasteiger partial charge in [-0.2, -0.15) is 0 Å². The highest BCUT2D eigenvalue weighted by Gasteiger charge is 2.33. The smallest absolute Gasteiger partial charge is 0.314 e. The van der Waals surface area contributed by atoms with E-state index in [1.807, 2.05) is 62.4 Å². The molecule has 4 rings (SSSR count). The van der Waals surface area contributed by atoms with E-state index >= 15 is 0 Å². The molecule has 1 aliphatic heterocycles. The van der Waals surface area contributed by atoms with E-state index in [1.165, 1.54) is 23.9 Å². The Morgan fingerprint density at radius 2 is 1.84 bits per heavy atom. The van der Waals surface area contributed by atoms with Gasteiger partial charge in [0.2, 0.25) is 5.91 Å². The maximum absolute atomic E-state index is 14.2. The molecule has 5 N–H and O–H groups in total. The second kappa shape index (κ2) is 14.7. The van der Waals surface area contributed by atoms with E-state index in [0.29, 0.717) is 23.7 Å². The van der Waals surface area contributed by atoms with Crippen LogP contribution < -0.4 is 26.2 Å². The van der Waals surface area contributed by atoms with Gasteiger partial charge < -0.3 is 31.3 Å². The molecule has 0 unspecified atom stereocenters. The van der Waals surface area contributed by atoms with Crippen molar-refractivity contribution in [1.82, 2.24) is 21.3 Å². The number of urea groups is 1. The number of β-amino-alcohol motifs (C(OH)–C–C–N with tert-alkyl or cyclic N) is 1. The molecule has 2 atom stereocenters. The largest absolute Gasteiger partial charge is 0.392 e. The van der Waals surface area contributed by atoms with Crippen molar-refractivity contribution < 1.29 is 23.9 Å². The quantitative estimate of drug-likeness (QED) is 0.219. The Morgan fingerprint density at radius 3 is 2.55 bits per heavy atom. The highest BCUT2D eigenvalue weighted by atomic mass is 32.2. The first-order chi connectivity index (χ1) is 21.0. The Hall–Kier alpha value is -3.93. The maximum atomic E-state index is 14.2. The monoisotopic (exact) mass is 621 g/mol. The Kier molecular flexibility index (Phi) is 11.0. The van der Waals surface area contributed by atoms with Crippen molar-refractivity contribution in [3.05, 3.63) is 83.7 Å². The fourth-order valence-electron chi connectivity index (χ4n) is 4.97. The molecule has 3 aromatic carbocycles. The number of halogens is 1. The number of anilines is 1. The number of rotatable bonds is 11. The second-order valence-corrected chi connectivity index (χ2v) is 12.6. The van der Waals surface area contributed by atoms with Crippen LogP contribution in [0.5, 0.6) is 0 Å². The number of aliphatic hydroxyl groups excluding tert-OH is 1. The van der Waals surface area contributed by atoms with Gasteiger partial charge in [-0.3, -0.25) is 9.59 Å².